The molecule has 7 nitrogen and oxygen atoms in total. The van der Waals surface area contributed by atoms with Gasteiger partial charge in [0.2, 0.25) is 0 Å². The maximum absolute atomic E-state index is 13.1. The molecule has 1 unspecified atom stereocenters. The Bertz CT molecular complexity index is 1070. The third-order valence-corrected chi connectivity index (χ3v) is 5.91. The van der Waals surface area contributed by atoms with Crippen LogP contribution < -0.4 is 15.0 Å². The summed E-state index contributed by atoms with van der Waals surface area (Å²) in [6.07, 6.45) is 2.01. The van der Waals surface area contributed by atoms with Gasteiger partial charge in [-0.15, -0.1) is 0 Å². The second kappa shape index (κ2) is 8.55. The minimum absolute atomic E-state index is 0.0111. The van der Waals surface area contributed by atoms with Gasteiger partial charge in [-0.2, -0.15) is 0 Å². The molecular formula is C23H26ClNO6. The molecule has 0 saturated heterocycles. The van der Waals surface area contributed by atoms with E-state index >= 15 is 0 Å². The predicted octanol–water partition coefficient (Wildman–Crippen LogP) is 4.71. The average Bonchev–Trinajstić information content (AvgIpc) is 3.55. The summed E-state index contributed by atoms with van der Waals surface area (Å²) >= 11 is 6.52. The first-order chi connectivity index (χ1) is 14.8. The summed E-state index contributed by atoms with van der Waals surface area (Å²) in [7, 11) is 1.64. The van der Waals surface area contributed by atoms with Crippen molar-refractivity contribution in [3.05, 3.63) is 44.7 Å². The molecule has 166 valence electrons. The molecule has 1 atom stereocenters. The molecule has 2 aromatic rings. The molecule has 1 aromatic heterocycles. The third-order valence-electron chi connectivity index (χ3n) is 5.61. The highest BCUT2D eigenvalue weighted by atomic mass is 35.5. The zero-order valence-corrected chi connectivity index (χ0v) is 18.6. The molecular weight excluding hydrogens is 422 g/mol. The largest absolute Gasteiger partial charge is 0.492 e. The molecule has 1 aliphatic carbocycles. The normalized spacial score (nSPS) is 17.1. The number of nitrogens with zero attached hydrogens (tertiary/aromatic N) is 1. The second-order valence-corrected chi connectivity index (χ2v) is 8.74. The van der Waals surface area contributed by atoms with Crippen LogP contribution in [-0.2, 0) is 4.74 Å². The van der Waals surface area contributed by atoms with E-state index in [9.17, 15) is 14.7 Å². The Balaban J connectivity index is 1.88. The molecule has 31 heavy (non-hydrogen) atoms. The lowest BCUT2D eigenvalue weighted by Gasteiger charge is -2.33. The van der Waals surface area contributed by atoms with Gasteiger partial charge in [0, 0.05) is 43.4 Å². The molecule has 2 heterocycles. The number of carboxylic acid groups (broad SMARTS) is 1. The van der Waals surface area contributed by atoms with E-state index in [2.05, 4.69) is 0 Å². The van der Waals surface area contributed by atoms with E-state index in [1.54, 1.807) is 23.8 Å². The van der Waals surface area contributed by atoms with Crippen LogP contribution in [0.3, 0.4) is 0 Å². The molecule has 4 rings (SSSR count). The number of methoxy groups -OCH3 is 1. The lowest BCUT2D eigenvalue weighted by Crippen LogP contribution is -2.32. The second-order valence-electron chi connectivity index (χ2n) is 8.33. The Kier molecular flexibility index (Phi) is 5.99. The predicted molar refractivity (Wildman–Crippen MR) is 117 cm³/mol. The minimum atomic E-state index is -1.23. The number of carbonyl (C=O) groups is 1. The molecule has 1 saturated carbocycles. The number of benzene rings is 1. The number of aromatic carboxylic acids is 1. The number of halogens is 1. The lowest BCUT2D eigenvalue weighted by atomic mass is 9.90. The van der Waals surface area contributed by atoms with Crippen LogP contribution in [0.15, 0.2) is 23.0 Å². The van der Waals surface area contributed by atoms with Gasteiger partial charge in [0.1, 0.15) is 23.2 Å². The summed E-state index contributed by atoms with van der Waals surface area (Å²) in [5.41, 5.74) is 1.37. The minimum Gasteiger partial charge on any atom is -0.492 e. The molecule has 1 aromatic carbocycles. The van der Waals surface area contributed by atoms with E-state index in [1.165, 1.54) is 6.07 Å². The Labute approximate surface area is 185 Å². The standard InChI is InChI=1S/C23H26ClNO6/c1-12(2)21-15-9-16(23(27)28)22(26)25(13-5-6-13)20(15)14-10-17(24)19(11-18(14)31-21)30-8-4-7-29-3/h9-13,21H,4-8H2,1-3H3,(H,27,28). The van der Waals surface area contributed by atoms with Crippen LogP contribution in [0.2, 0.25) is 5.02 Å². The average molecular weight is 448 g/mol. The maximum Gasteiger partial charge on any atom is 0.341 e. The summed E-state index contributed by atoms with van der Waals surface area (Å²) < 4.78 is 18.8. The molecule has 0 bridgehead atoms. The van der Waals surface area contributed by atoms with E-state index in [0.717, 1.165) is 19.3 Å². The third kappa shape index (κ3) is 4.04. The summed E-state index contributed by atoms with van der Waals surface area (Å²) in [5.74, 6) is -0.0899. The smallest absolute Gasteiger partial charge is 0.341 e. The van der Waals surface area contributed by atoms with Crippen molar-refractivity contribution in [2.45, 2.75) is 45.3 Å². The quantitative estimate of drug-likeness (QED) is 0.590. The van der Waals surface area contributed by atoms with Gasteiger partial charge in [0.15, 0.2) is 0 Å². The van der Waals surface area contributed by atoms with Crippen molar-refractivity contribution in [1.29, 1.82) is 0 Å². The lowest BCUT2D eigenvalue weighted by molar-refractivity contribution is 0.0693. The van der Waals surface area contributed by atoms with Crippen LogP contribution in [-0.4, -0.2) is 36.0 Å². The topological polar surface area (TPSA) is 87.0 Å². The van der Waals surface area contributed by atoms with Gasteiger partial charge >= 0.3 is 5.97 Å². The Morgan fingerprint density at radius 1 is 1.29 bits per heavy atom. The monoisotopic (exact) mass is 447 g/mol. The number of hydrogen-bond donors (Lipinski definition) is 1. The van der Waals surface area contributed by atoms with Crippen LogP contribution in [0.5, 0.6) is 11.5 Å². The van der Waals surface area contributed by atoms with E-state index < -0.39 is 17.6 Å². The van der Waals surface area contributed by atoms with Crippen molar-refractivity contribution in [1.82, 2.24) is 4.57 Å². The van der Waals surface area contributed by atoms with Crippen LogP contribution >= 0.6 is 11.6 Å². The molecule has 0 spiro atoms. The number of hydrogen-bond acceptors (Lipinski definition) is 5. The summed E-state index contributed by atoms with van der Waals surface area (Å²) in [5, 5.41) is 10.0. The number of aromatic nitrogens is 1. The first-order valence-electron chi connectivity index (χ1n) is 10.5. The van der Waals surface area contributed by atoms with Gasteiger partial charge in [0.25, 0.3) is 5.56 Å². The van der Waals surface area contributed by atoms with E-state index in [0.29, 0.717) is 46.6 Å². The number of pyridine rings is 1. The van der Waals surface area contributed by atoms with Gasteiger partial charge in [-0.25, -0.2) is 4.79 Å². The molecule has 0 amide bonds. The van der Waals surface area contributed by atoms with Gasteiger partial charge in [0.05, 0.1) is 17.3 Å². The molecule has 1 N–H and O–H groups in total. The SMILES string of the molecule is COCCCOc1cc2c(cc1Cl)-c1c(cc(C(=O)O)c(=O)n1C1CC1)C(C(C)C)O2. The fraction of sp³-hybridized carbons (Fsp3) is 0.478. The van der Waals surface area contributed by atoms with Gasteiger partial charge in [-0.1, -0.05) is 25.4 Å². The van der Waals surface area contributed by atoms with E-state index in [1.807, 2.05) is 13.8 Å². The zero-order valence-electron chi connectivity index (χ0n) is 17.8. The molecule has 8 heteroatoms. The fourth-order valence-corrected chi connectivity index (χ4v) is 4.22. The van der Waals surface area contributed by atoms with Crippen LogP contribution in [0.4, 0.5) is 0 Å². The molecule has 1 aliphatic heterocycles. The van der Waals surface area contributed by atoms with Crippen LogP contribution in [0, 0.1) is 5.92 Å². The molecule has 2 aliphatic rings. The summed E-state index contributed by atoms with van der Waals surface area (Å²) in [4.78, 5) is 24.8. The number of carboxylic acids is 1. The van der Waals surface area contributed by atoms with Crippen molar-refractivity contribution in [3.8, 4) is 22.8 Å². The number of ether oxygens (including phenoxy) is 3. The highest BCUT2D eigenvalue weighted by Gasteiger charge is 2.38. The van der Waals surface area contributed by atoms with Gasteiger partial charge < -0.3 is 23.9 Å². The number of rotatable bonds is 8. The molecule has 0 radical (unpaired) electrons. The van der Waals surface area contributed by atoms with Crippen molar-refractivity contribution in [2.75, 3.05) is 20.3 Å². The Morgan fingerprint density at radius 2 is 2.03 bits per heavy atom. The van der Waals surface area contributed by atoms with Gasteiger partial charge in [-0.3, -0.25) is 4.79 Å². The Hall–Kier alpha value is -2.51. The fourth-order valence-electron chi connectivity index (χ4n) is 4.00. The maximum atomic E-state index is 13.1. The first-order valence-corrected chi connectivity index (χ1v) is 10.9. The van der Waals surface area contributed by atoms with E-state index in [4.69, 9.17) is 25.8 Å². The van der Waals surface area contributed by atoms with Crippen molar-refractivity contribution in [3.63, 3.8) is 0 Å². The van der Waals surface area contributed by atoms with Crippen molar-refractivity contribution in [2.24, 2.45) is 5.92 Å². The van der Waals surface area contributed by atoms with E-state index in [-0.39, 0.29) is 17.5 Å². The summed E-state index contributed by atoms with van der Waals surface area (Å²) in [6.45, 7) is 5.04. The summed E-state index contributed by atoms with van der Waals surface area (Å²) in [6, 6.07) is 4.96. The zero-order chi connectivity index (χ0) is 22.3. The Morgan fingerprint density at radius 3 is 2.65 bits per heavy atom. The first kappa shape index (κ1) is 21.7. The van der Waals surface area contributed by atoms with Crippen LogP contribution in [0.25, 0.3) is 11.3 Å². The highest BCUT2D eigenvalue weighted by molar-refractivity contribution is 6.32. The highest BCUT2D eigenvalue weighted by Crippen LogP contribution is 2.50. The number of fused-ring (bicyclic) bond motifs is 3. The van der Waals surface area contributed by atoms with Gasteiger partial charge in [-0.05, 0) is 30.9 Å². The van der Waals surface area contributed by atoms with Crippen LogP contribution in [0.1, 0.15) is 61.2 Å². The van der Waals surface area contributed by atoms with Crippen molar-refractivity contribution < 1.29 is 24.1 Å². The molecule has 1 fully saturated rings. The van der Waals surface area contributed by atoms with Crippen molar-refractivity contribution >= 4 is 17.6 Å².